The van der Waals surface area contributed by atoms with Gasteiger partial charge in [0.25, 0.3) is 0 Å². The summed E-state index contributed by atoms with van der Waals surface area (Å²) in [5.41, 5.74) is 4.78. The molecule has 0 saturated heterocycles. The maximum Gasteiger partial charge on any atom is 0.244 e. The van der Waals surface area contributed by atoms with Crippen molar-refractivity contribution in [1.29, 1.82) is 0 Å². The van der Waals surface area contributed by atoms with Gasteiger partial charge in [-0.25, -0.2) is 0 Å². The number of hydrogen-bond acceptors (Lipinski definition) is 3. The number of fused-ring (bicyclic) bond motifs is 1. The normalized spacial score (nSPS) is 12.4. The first-order chi connectivity index (χ1) is 16.6. The minimum absolute atomic E-state index is 0.0319. The fourth-order valence-corrected chi connectivity index (χ4v) is 4.55. The molecule has 5 nitrogen and oxygen atoms in total. The summed E-state index contributed by atoms with van der Waals surface area (Å²) in [5.74, 6) is 0.814. The third-order valence-electron chi connectivity index (χ3n) is 6.56. The lowest BCUT2D eigenvalue weighted by atomic mass is 10.0. The van der Waals surface area contributed by atoms with E-state index in [-0.39, 0.29) is 11.9 Å². The highest BCUT2D eigenvalue weighted by atomic mass is 16.5. The van der Waals surface area contributed by atoms with Crippen molar-refractivity contribution in [3.8, 4) is 5.75 Å². The highest BCUT2D eigenvalue weighted by Gasteiger charge is 2.15. The van der Waals surface area contributed by atoms with Gasteiger partial charge in [-0.15, -0.1) is 0 Å². The molecular weight excluding hydrogens is 422 g/mol. The number of pyridine rings is 1. The summed E-state index contributed by atoms with van der Waals surface area (Å²) in [4.78, 5) is 17.0. The van der Waals surface area contributed by atoms with Gasteiger partial charge in [-0.1, -0.05) is 32.8 Å². The summed E-state index contributed by atoms with van der Waals surface area (Å²) in [6, 6.07) is 10.5. The zero-order valence-corrected chi connectivity index (χ0v) is 21.1. The number of nitrogens with one attached hydrogen (secondary N) is 1. The van der Waals surface area contributed by atoms with Crippen LogP contribution >= 0.6 is 0 Å². The summed E-state index contributed by atoms with van der Waals surface area (Å²) in [6.07, 6.45) is 15.8. The highest BCUT2D eigenvalue weighted by Crippen LogP contribution is 2.31. The van der Waals surface area contributed by atoms with Gasteiger partial charge in [-0.2, -0.15) is 0 Å². The second kappa shape index (κ2) is 13.0. The minimum Gasteiger partial charge on any atom is -0.497 e. The molecule has 34 heavy (non-hydrogen) atoms. The van der Waals surface area contributed by atoms with Crippen molar-refractivity contribution in [3.05, 3.63) is 65.6 Å². The molecule has 0 aliphatic rings. The van der Waals surface area contributed by atoms with E-state index in [0.29, 0.717) is 0 Å². The Hall–Kier alpha value is -3.08. The SMILES string of the molecule is CCCCCc1c(/C=C/C(=O)N[C@@H](CC)CCCc2cccnc2)n(C)c2cc(OC)ccc12. The van der Waals surface area contributed by atoms with Gasteiger partial charge in [-0.05, 0) is 73.9 Å². The van der Waals surface area contributed by atoms with E-state index in [0.717, 1.165) is 55.5 Å². The first-order valence-electron chi connectivity index (χ1n) is 12.6. The Morgan fingerprint density at radius 3 is 2.74 bits per heavy atom. The van der Waals surface area contributed by atoms with Gasteiger partial charge in [0.2, 0.25) is 5.91 Å². The zero-order chi connectivity index (χ0) is 24.3. The topological polar surface area (TPSA) is 56.2 Å². The molecule has 1 atom stereocenters. The molecule has 0 spiro atoms. The van der Waals surface area contributed by atoms with E-state index in [1.807, 2.05) is 24.4 Å². The summed E-state index contributed by atoms with van der Waals surface area (Å²) >= 11 is 0. The van der Waals surface area contributed by atoms with E-state index >= 15 is 0 Å². The molecule has 0 bridgehead atoms. The monoisotopic (exact) mass is 461 g/mol. The molecule has 1 aromatic carbocycles. The van der Waals surface area contributed by atoms with E-state index in [9.17, 15) is 4.79 Å². The third-order valence-corrected chi connectivity index (χ3v) is 6.56. The van der Waals surface area contributed by atoms with Crippen LogP contribution < -0.4 is 10.1 Å². The molecule has 3 aromatic rings. The molecular formula is C29H39N3O2. The molecule has 3 rings (SSSR count). The molecule has 0 fully saturated rings. The highest BCUT2D eigenvalue weighted by molar-refractivity contribution is 5.95. The fraction of sp³-hybridized carbons (Fsp3) is 0.448. The smallest absolute Gasteiger partial charge is 0.244 e. The Morgan fingerprint density at radius 2 is 2.03 bits per heavy atom. The first kappa shape index (κ1) is 25.5. The number of benzene rings is 1. The van der Waals surface area contributed by atoms with Crippen molar-refractivity contribution in [1.82, 2.24) is 14.9 Å². The molecule has 5 heteroatoms. The lowest BCUT2D eigenvalue weighted by Gasteiger charge is -2.15. The Bertz CT molecular complexity index is 1090. The van der Waals surface area contributed by atoms with E-state index in [4.69, 9.17) is 4.74 Å². The molecule has 0 aliphatic carbocycles. The molecule has 182 valence electrons. The molecule has 0 saturated carbocycles. The molecule has 1 N–H and O–H groups in total. The van der Waals surface area contributed by atoms with Crippen LogP contribution in [0.2, 0.25) is 0 Å². The summed E-state index contributed by atoms with van der Waals surface area (Å²) < 4.78 is 7.62. The van der Waals surface area contributed by atoms with Gasteiger partial charge in [0.15, 0.2) is 0 Å². The number of aryl methyl sites for hydroxylation is 3. The van der Waals surface area contributed by atoms with Gasteiger partial charge in [-0.3, -0.25) is 9.78 Å². The van der Waals surface area contributed by atoms with Crippen LogP contribution in [0.4, 0.5) is 0 Å². The number of carbonyl (C=O) groups excluding carboxylic acids is 1. The zero-order valence-electron chi connectivity index (χ0n) is 21.1. The largest absolute Gasteiger partial charge is 0.497 e. The minimum atomic E-state index is -0.0319. The Morgan fingerprint density at radius 1 is 1.18 bits per heavy atom. The van der Waals surface area contributed by atoms with E-state index < -0.39 is 0 Å². The van der Waals surface area contributed by atoms with Crippen LogP contribution in [0.1, 0.15) is 69.2 Å². The summed E-state index contributed by atoms with van der Waals surface area (Å²) in [5, 5.41) is 4.43. The lowest BCUT2D eigenvalue weighted by Crippen LogP contribution is -2.33. The maximum atomic E-state index is 12.8. The molecule has 2 aromatic heterocycles. The standard InChI is InChI=1S/C29H39N3O2/c1-5-7-8-14-25-26-16-15-24(34-4)20-28(26)32(3)27(25)17-18-29(33)31-23(6-2)13-9-11-22-12-10-19-30-21-22/h10,12,15-21,23H,5-9,11,13-14H2,1-4H3,(H,31,33)/b18-17+/t23-/m0/s1. The van der Waals surface area contributed by atoms with Crippen LogP contribution in [0.5, 0.6) is 5.75 Å². The predicted molar refractivity (Wildman–Crippen MR) is 141 cm³/mol. The lowest BCUT2D eigenvalue weighted by molar-refractivity contribution is -0.117. The van der Waals surface area contributed by atoms with Crippen molar-refractivity contribution >= 4 is 22.9 Å². The molecule has 0 unspecified atom stereocenters. The van der Waals surface area contributed by atoms with Crippen LogP contribution in [0, 0.1) is 0 Å². The number of amides is 1. The summed E-state index contributed by atoms with van der Waals surface area (Å²) in [6.45, 7) is 4.35. The molecule has 0 radical (unpaired) electrons. The number of nitrogens with zero attached hydrogens (tertiary/aromatic N) is 2. The van der Waals surface area contributed by atoms with Gasteiger partial charge < -0.3 is 14.6 Å². The number of aromatic nitrogens is 2. The second-order valence-corrected chi connectivity index (χ2v) is 8.96. The Balaban J connectivity index is 1.70. The van der Waals surface area contributed by atoms with Crippen molar-refractivity contribution < 1.29 is 9.53 Å². The van der Waals surface area contributed by atoms with Gasteiger partial charge >= 0.3 is 0 Å². The fourth-order valence-electron chi connectivity index (χ4n) is 4.55. The maximum absolute atomic E-state index is 12.8. The number of rotatable bonds is 13. The molecule has 1 amide bonds. The van der Waals surface area contributed by atoms with Crippen molar-refractivity contribution in [3.63, 3.8) is 0 Å². The average molecular weight is 462 g/mol. The summed E-state index contributed by atoms with van der Waals surface area (Å²) in [7, 11) is 3.76. The van der Waals surface area contributed by atoms with E-state index in [2.05, 4.69) is 54.0 Å². The average Bonchev–Trinajstić information content (AvgIpc) is 3.13. The van der Waals surface area contributed by atoms with Crippen LogP contribution in [0.25, 0.3) is 17.0 Å². The molecule has 0 aliphatic heterocycles. The number of carbonyl (C=O) groups is 1. The van der Waals surface area contributed by atoms with E-state index in [1.165, 1.54) is 29.4 Å². The van der Waals surface area contributed by atoms with Gasteiger partial charge in [0, 0.05) is 48.7 Å². The van der Waals surface area contributed by atoms with Crippen molar-refractivity contribution in [2.45, 2.75) is 71.3 Å². The molecule has 2 heterocycles. The van der Waals surface area contributed by atoms with Crippen LogP contribution in [0.3, 0.4) is 0 Å². The van der Waals surface area contributed by atoms with Crippen LogP contribution in [-0.4, -0.2) is 28.6 Å². The quantitative estimate of drug-likeness (QED) is 0.242. The van der Waals surface area contributed by atoms with Crippen LogP contribution in [0.15, 0.2) is 48.8 Å². The van der Waals surface area contributed by atoms with Crippen molar-refractivity contribution in [2.75, 3.05) is 7.11 Å². The number of methoxy groups -OCH3 is 1. The number of ether oxygens (including phenoxy) is 1. The Labute approximate surface area is 204 Å². The Kier molecular flexibility index (Phi) is 9.75. The van der Waals surface area contributed by atoms with Crippen molar-refractivity contribution in [2.24, 2.45) is 7.05 Å². The number of unbranched alkanes of at least 4 members (excludes halogenated alkanes) is 2. The van der Waals surface area contributed by atoms with Gasteiger partial charge in [0.05, 0.1) is 12.6 Å². The third kappa shape index (κ3) is 6.72. The second-order valence-electron chi connectivity index (χ2n) is 8.96. The van der Waals surface area contributed by atoms with Gasteiger partial charge in [0.1, 0.15) is 5.75 Å². The first-order valence-corrected chi connectivity index (χ1v) is 12.6. The number of hydrogen-bond donors (Lipinski definition) is 1. The van der Waals surface area contributed by atoms with Crippen LogP contribution in [-0.2, 0) is 24.7 Å². The van der Waals surface area contributed by atoms with E-state index in [1.54, 1.807) is 19.4 Å². The predicted octanol–water partition coefficient (Wildman–Crippen LogP) is 6.25.